The van der Waals surface area contributed by atoms with Gasteiger partial charge in [-0.05, 0) is 11.6 Å². The lowest BCUT2D eigenvalue weighted by Crippen LogP contribution is -2.13. The molecule has 0 N–H and O–H groups in total. The van der Waals surface area contributed by atoms with Crippen molar-refractivity contribution in [3.63, 3.8) is 0 Å². The monoisotopic (exact) mass is 305 g/mol. The molecule has 1 aromatic rings. The minimum absolute atomic E-state index is 1.62. The summed E-state index contributed by atoms with van der Waals surface area (Å²) in [5, 5.41) is 8.54. The zero-order chi connectivity index (χ0) is 14.9. The normalized spacial score (nSPS) is 10.7. The number of rotatable bonds is 4. The Morgan fingerprint density at radius 3 is 2.11 bits per heavy atom. The summed E-state index contributed by atoms with van der Waals surface area (Å²) in [5.74, 6) is -8.87. The second kappa shape index (κ2) is 5.34. The number of nitro groups is 1. The van der Waals surface area contributed by atoms with Gasteiger partial charge in [-0.2, -0.15) is 17.6 Å². The summed E-state index contributed by atoms with van der Waals surface area (Å²) in [6.07, 6.45) is 0. The van der Waals surface area contributed by atoms with Gasteiger partial charge in [0.15, 0.2) is 11.4 Å². The highest BCUT2D eigenvalue weighted by Crippen LogP contribution is 2.36. The van der Waals surface area contributed by atoms with Crippen molar-refractivity contribution in [1.29, 1.82) is 0 Å². The fraction of sp³-hybridized carbons (Fsp3) is 0.125. The number of hydrogen-bond donors (Lipinski definition) is 0. The van der Waals surface area contributed by atoms with Crippen LogP contribution in [-0.2, 0) is 0 Å². The van der Waals surface area contributed by atoms with Crippen molar-refractivity contribution in [2.24, 2.45) is 0 Å². The van der Waals surface area contributed by atoms with Crippen molar-refractivity contribution in [1.82, 2.24) is 0 Å². The van der Waals surface area contributed by atoms with Crippen LogP contribution >= 0.6 is 11.6 Å². The van der Waals surface area contributed by atoms with Crippen LogP contribution in [-0.4, -0.2) is 16.8 Å². The summed E-state index contributed by atoms with van der Waals surface area (Å²) < 4.78 is 66.9. The van der Waals surface area contributed by atoms with E-state index in [-0.39, 0.29) is 0 Å². The van der Waals surface area contributed by atoms with Gasteiger partial charge in [0.05, 0.1) is 4.92 Å². The Balaban J connectivity index is 3.73. The zero-order valence-electron chi connectivity index (χ0n) is 8.43. The Morgan fingerprint density at radius 2 is 1.74 bits per heavy atom. The molecule has 0 heterocycles. The minimum Gasteiger partial charge on any atom is -0.428 e. The molecule has 104 valence electrons. The molecule has 0 radical (unpaired) electrons. The van der Waals surface area contributed by atoms with E-state index in [2.05, 4.69) is 4.74 Å². The summed E-state index contributed by atoms with van der Waals surface area (Å²) >= 11 is 4.77. The largest absolute Gasteiger partial charge is 0.428 e. The van der Waals surface area contributed by atoms with Crippen molar-refractivity contribution < 1.29 is 36.4 Å². The first-order valence-corrected chi connectivity index (χ1v) is 4.55. The van der Waals surface area contributed by atoms with Crippen LogP contribution < -0.4 is 4.74 Å². The lowest BCUT2D eigenvalue weighted by molar-refractivity contribution is -0.388. The molecule has 0 aliphatic carbocycles. The zero-order valence-corrected chi connectivity index (χ0v) is 9.18. The summed E-state index contributed by atoms with van der Waals surface area (Å²) in [4.78, 5) is 19.6. The Kier molecular flexibility index (Phi) is 4.24. The lowest BCUT2D eigenvalue weighted by atomic mass is 10.1. The average Bonchev–Trinajstić information content (AvgIpc) is 2.27. The summed E-state index contributed by atoms with van der Waals surface area (Å²) in [6, 6.07) is 0. The Bertz CT molecular complexity index is 565. The molecule has 0 aliphatic heterocycles. The minimum atomic E-state index is -3.75. The Labute approximate surface area is 105 Å². The molecule has 1 rings (SSSR count). The van der Waals surface area contributed by atoms with E-state index in [9.17, 15) is 36.9 Å². The van der Waals surface area contributed by atoms with Crippen LogP contribution in [0, 0.1) is 27.6 Å². The first-order valence-electron chi connectivity index (χ1n) is 4.18. The number of ether oxygens (including phenoxy) is 1. The number of halogens is 6. The molecule has 0 fully saturated rings. The number of nitrogens with zero attached hydrogens (tertiary/aromatic N) is 1. The second-order valence-electron chi connectivity index (χ2n) is 2.90. The van der Waals surface area contributed by atoms with Crippen LogP contribution in [0.2, 0.25) is 0 Å². The maximum absolute atomic E-state index is 13.5. The van der Waals surface area contributed by atoms with Crippen LogP contribution in [0.4, 0.5) is 27.6 Å². The third-order valence-electron chi connectivity index (χ3n) is 1.84. The average molecular weight is 306 g/mol. The third-order valence-corrected chi connectivity index (χ3v) is 2.03. The van der Waals surface area contributed by atoms with Crippen LogP contribution in [0.5, 0.6) is 5.75 Å². The highest BCUT2D eigenvalue weighted by Gasteiger charge is 2.37. The molecule has 19 heavy (non-hydrogen) atoms. The van der Waals surface area contributed by atoms with E-state index in [4.69, 9.17) is 11.6 Å². The molecule has 0 aromatic heterocycles. The molecular formula is C8HClF5NO4. The molecule has 1 aromatic carbocycles. The molecule has 11 heteroatoms. The van der Waals surface area contributed by atoms with Crippen molar-refractivity contribution in [3.05, 3.63) is 33.1 Å². The standard InChI is InChI=1S/C8HClF5NO4/c9-7(16)1-2(10)6(19-8(13)14)4(12)3(11)5(1)15(17)18/h8H. The third kappa shape index (κ3) is 2.72. The van der Waals surface area contributed by atoms with Gasteiger partial charge >= 0.3 is 12.3 Å². The predicted octanol–water partition coefficient (Wildman–Crippen LogP) is 2.99. The molecule has 0 aliphatic rings. The van der Waals surface area contributed by atoms with E-state index in [1.165, 1.54) is 0 Å². The lowest BCUT2D eigenvalue weighted by Gasteiger charge is -2.10. The van der Waals surface area contributed by atoms with Gasteiger partial charge in [0.25, 0.3) is 5.24 Å². The summed E-state index contributed by atoms with van der Waals surface area (Å²) in [6.45, 7) is -3.75. The second-order valence-corrected chi connectivity index (χ2v) is 3.25. The van der Waals surface area contributed by atoms with Gasteiger partial charge in [-0.3, -0.25) is 14.9 Å². The molecule has 0 unspecified atom stereocenters. The van der Waals surface area contributed by atoms with E-state index in [1.54, 1.807) is 0 Å². The van der Waals surface area contributed by atoms with E-state index < -0.39 is 51.2 Å². The van der Waals surface area contributed by atoms with Crippen LogP contribution in [0.15, 0.2) is 0 Å². The van der Waals surface area contributed by atoms with E-state index in [1.807, 2.05) is 0 Å². The Hall–Kier alpha value is -1.97. The van der Waals surface area contributed by atoms with Crippen LogP contribution in [0.3, 0.4) is 0 Å². The van der Waals surface area contributed by atoms with Crippen LogP contribution in [0.25, 0.3) is 0 Å². The Morgan fingerprint density at radius 1 is 1.21 bits per heavy atom. The molecule has 0 spiro atoms. The fourth-order valence-electron chi connectivity index (χ4n) is 1.17. The molecular weight excluding hydrogens is 305 g/mol. The maximum Gasteiger partial charge on any atom is 0.387 e. The van der Waals surface area contributed by atoms with Gasteiger partial charge in [0, 0.05) is 0 Å². The molecule has 5 nitrogen and oxygen atoms in total. The SMILES string of the molecule is O=C(Cl)c1c(F)c(OC(F)F)c(F)c(F)c1[N+](=O)[O-]. The van der Waals surface area contributed by atoms with Crippen molar-refractivity contribution >= 4 is 22.5 Å². The first-order chi connectivity index (χ1) is 8.68. The molecule has 0 atom stereocenters. The van der Waals surface area contributed by atoms with Crippen molar-refractivity contribution in [3.8, 4) is 5.75 Å². The molecule has 0 saturated heterocycles. The quantitative estimate of drug-likeness (QED) is 0.282. The summed E-state index contributed by atoms with van der Waals surface area (Å²) in [7, 11) is 0. The molecule has 0 bridgehead atoms. The predicted molar refractivity (Wildman–Crippen MR) is 49.8 cm³/mol. The fourth-order valence-corrected chi connectivity index (χ4v) is 1.34. The van der Waals surface area contributed by atoms with Gasteiger partial charge in [-0.15, -0.1) is 0 Å². The van der Waals surface area contributed by atoms with Gasteiger partial charge in [0.2, 0.25) is 17.4 Å². The van der Waals surface area contributed by atoms with E-state index >= 15 is 0 Å². The number of carbonyl (C=O) groups excluding carboxylic acids is 1. The molecule has 0 amide bonds. The highest BCUT2D eigenvalue weighted by atomic mass is 35.5. The van der Waals surface area contributed by atoms with E-state index in [0.717, 1.165) is 0 Å². The number of nitro benzene ring substituents is 1. The number of alkyl halides is 2. The number of hydrogen-bond acceptors (Lipinski definition) is 4. The highest BCUT2D eigenvalue weighted by molar-refractivity contribution is 6.68. The van der Waals surface area contributed by atoms with Gasteiger partial charge in [-0.25, -0.2) is 4.39 Å². The maximum atomic E-state index is 13.5. The van der Waals surface area contributed by atoms with Crippen molar-refractivity contribution in [2.75, 3.05) is 0 Å². The molecule has 0 saturated carbocycles. The number of carbonyl (C=O) groups is 1. The summed E-state index contributed by atoms with van der Waals surface area (Å²) in [5.41, 5.74) is -3.61. The van der Waals surface area contributed by atoms with Gasteiger partial charge in [0.1, 0.15) is 0 Å². The number of benzene rings is 1. The topological polar surface area (TPSA) is 69.4 Å². The first kappa shape index (κ1) is 15.1. The van der Waals surface area contributed by atoms with Crippen LogP contribution in [0.1, 0.15) is 10.4 Å². The van der Waals surface area contributed by atoms with Gasteiger partial charge < -0.3 is 4.74 Å². The van der Waals surface area contributed by atoms with E-state index in [0.29, 0.717) is 0 Å². The smallest absolute Gasteiger partial charge is 0.387 e. The van der Waals surface area contributed by atoms with Crippen molar-refractivity contribution in [2.45, 2.75) is 6.61 Å². The van der Waals surface area contributed by atoms with Gasteiger partial charge in [-0.1, -0.05) is 0 Å².